The van der Waals surface area contributed by atoms with Gasteiger partial charge >= 0.3 is 0 Å². The first-order chi connectivity index (χ1) is 13.1. The Morgan fingerprint density at radius 1 is 1.30 bits per heavy atom. The summed E-state index contributed by atoms with van der Waals surface area (Å²) in [5.41, 5.74) is 3.27. The number of aromatic nitrogens is 4. The van der Waals surface area contributed by atoms with Crippen LogP contribution in [0.4, 0.5) is 4.39 Å². The standard InChI is InChI=1S/C19H16FN5OS/c1-11-8-24-9-12(6-14(20)18(24)23-11)16-7-15-17(27-16)19(26)25(10-22-15)13-2-4-21-5-3-13/h2,6-10,21H,3-5H2,1H3. The maximum atomic E-state index is 14.4. The number of nitrogens with one attached hydrogen (secondary N) is 1. The van der Waals surface area contributed by atoms with Crippen LogP contribution in [0.5, 0.6) is 0 Å². The summed E-state index contributed by atoms with van der Waals surface area (Å²) in [7, 11) is 0. The summed E-state index contributed by atoms with van der Waals surface area (Å²) >= 11 is 1.34. The first-order valence-corrected chi connectivity index (χ1v) is 9.48. The monoisotopic (exact) mass is 381 g/mol. The van der Waals surface area contributed by atoms with Gasteiger partial charge in [0.2, 0.25) is 0 Å². The Morgan fingerprint density at radius 2 is 2.19 bits per heavy atom. The van der Waals surface area contributed by atoms with E-state index in [0.29, 0.717) is 21.4 Å². The van der Waals surface area contributed by atoms with Gasteiger partial charge in [-0.2, -0.15) is 0 Å². The van der Waals surface area contributed by atoms with Crippen molar-refractivity contribution in [2.45, 2.75) is 13.3 Å². The number of hydrogen-bond donors (Lipinski definition) is 1. The summed E-state index contributed by atoms with van der Waals surface area (Å²) in [5, 5.41) is 3.24. The number of fused-ring (bicyclic) bond motifs is 2. The molecule has 0 atom stereocenters. The molecule has 0 bridgehead atoms. The molecular weight excluding hydrogens is 365 g/mol. The van der Waals surface area contributed by atoms with E-state index in [1.807, 2.05) is 25.3 Å². The molecule has 4 aromatic rings. The molecule has 0 radical (unpaired) electrons. The molecule has 0 aliphatic carbocycles. The minimum absolute atomic E-state index is 0.0792. The van der Waals surface area contributed by atoms with Gasteiger partial charge in [0.05, 0.1) is 11.2 Å². The average Bonchev–Trinajstić information content (AvgIpc) is 3.26. The van der Waals surface area contributed by atoms with Crippen LogP contribution in [0, 0.1) is 12.7 Å². The van der Waals surface area contributed by atoms with Gasteiger partial charge in [-0.05, 0) is 19.1 Å². The van der Waals surface area contributed by atoms with Crippen molar-refractivity contribution in [3.8, 4) is 10.4 Å². The van der Waals surface area contributed by atoms with Crippen molar-refractivity contribution in [3.63, 3.8) is 0 Å². The molecule has 0 spiro atoms. The fourth-order valence-electron chi connectivity index (χ4n) is 3.40. The topological polar surface area (TPSA) is 64.2 Å². The zero-order valence-electron chi connectivity index (χ0n) is 14.6. The number of hydrogen-bond acceptors (Lipinski definition) is 5. The van der Waals surface area contributed by atoms with Crippen molar-refractivity contribution in [1.29, 1.82) is 0 Å². The Labute approximate surface area is 157 Å². The number of rotatable bonds is 2. The quantitative estimate of drug-likeness (QED) is 0.580. The summed E-state index contributed by atoms with van der Waals surface area (Å²) in [6, 6.07) is 3.30. The Hall–Kier alpha value is -2.84. The second-order valence-corrected chi connectivity index (χ2v) is 7.64. The number of thiophene rings is 1. The van der Waals surface area contributed by atoms with Crippen LogP contribution in [0.15, 0.2) is 41.7 Å². The fraction of sp³-hybridized carbons (Fsp3) is 0.211. The number of pyridine rings is 1. The van der Waals surface area contributed by atoms with Crippen molar-refractivity contribution in [1.82, 2.24) is 24.3 Å². The van der Waals surface area contributed by atoms with E-state index in [4.69, 9.17) is 0 Å². The first kappa shape index (κ1) is 16.3. The Kier molecular flexibility index (Phi) is 3.70. The van der Waals surface area contributed by atoms with Crippen molar-refractivity contribution < 1.29 is 4.39 Å². The second kappa shape index (κ2) is 6.11. The Morgan fingerprint density at radius 3 is 3.00 bits per heavy atom. The van der Waals surface area contributed by atoms with Gasteiger partial charge in [0.1, 0.15) is 11.0 Å². The van der Waals surface area contributed by atoms with Crippen LogP contribution < -0.4 is 10.9 Å². The van der Waals surface area contributed by atoms with Gasteiger partial charge in [-0.15, -0.1) is 11.3 Å². The van der Waals surface area contributed by atoms with Crippen LogP contribution in [0.2, 0.25) is 0 Å². The van der Waals surface area contributed by atoms with Crippen LogP contribution >= 0.6 is 11.3 Å². The second-order valence-electron chi connectivity index (χ2n) is 6.58. The van der Waals surface area contributed by atoms with E-state index in [9.17, 15) is 9.18 Å². The SMILES string of the molecule is Cc1cn2cc(-c3cc4ncn(C5=CCNCC5)c(=O)c4s3)cc(F)c2n1. The van der Waals surface area contributed by atoms with Crippen molar-refractivity contribution >= 4 is 32.9 Å². The lowest BCUT2D eigenvalue weighted by molar-refractivity contribution is 0.630. The van der Waals surface area contributed by atoms with Crippen LogP contribution in [0.3, 0.4) is 0 Å². The average molecular weight is 381 g/mol. The van der Waals surface area contributed by atoms with E-state index in [2.05, 4.69) is 15.3 Å². The lowest BCUT2D eigenvalue weighted by Gasteiger charge is -2.15. The van der Waals surface area contributed by atoms with Gasteiger partial charge in [-0.25, -0.2) is 14.4 Å². The zero-order valence-corrected chi connectivity index (χ0v) is 15.4. The number of imidazole rings is 1. The molecule has 8 heteroatoms. The van der Waals surface area contributed by atoms with Crippen LogP contribution in [-0.2, 0) is 0 Å². The maximum absolute atomic E-state index is 14.4. The highest BCUT2D eigenvalue weighted by Gasteiger charge is 2.15. The molecule has 0 aromatic carbocycles. The van der Waals surface area contributed by atoms with Gasteiger partial charge in [-0.1, -0.05) is 6.08 Å². The Bertz CT molecular complexity index is 1280. The summed E-state index contributed by atoms with van der Waals surface area (Å²) < 4.78 is 18.3. The summed E-state index contributed by atoms with van der Waals surface area (Å²) in [6.45, 7) is 3.42. The summed E-state index contributed by atoms with van der Waals surface area (Å²) in [5.74, 6) is -0.386. The van der Waals surface area contributed by atoms with Crippen molar-refractivity contribution in [2.24, 2.45) is 0 Å². The van der Waals surface area contributed by atoms with Gasteiger partial charge in [0, 0.05) is 48.0 Å². The molecular formula is C19H16FN5OS. The van der Waals surface area contributed by atoms with E-state index in [0.717, 1.165) is 35.8 Å². The molecule has 0 fully saturated rings. The van der Waals surface area contributed by atoms with Crippen molar-refractivity contribution in [2.75, 3.05) is 13.1 Å². The molecule has 6 nitrogen and oxygen atoms in total. The third-order valence-electron chi connectivity index (χ3n) is 4.70. The van der Waals surface area contributed by atoms with Gasteiger partial charge in [0.15, 0.2) is 11.5 Å². The lowest BCUT2D eigenvalue weighted by atomic mass is 10.2. The highest BCUT2D eigenvalue weighted by Crippen LogP contribution is 2.32. The number of aryl methyl sites for hydroxylation is 1. The highest BCUT2D eigenvalue weighted by atomic mass is 32.1. The van der Waals surface area contributed by atoms with Gasteiger partial charge < -0.3 is 9.72 Å². The van der Waals surface area contributed by atoms with E-state index in [1.165, 1.54) is 17.4 Å². The van der Waals surface area contributed by atoms with E-state index >= 15 is 0 Å². The maximum Gasteiger partial charge on any atom is 0.275 e. The molecule has 4 aromatic heterocycles. The third kappa shape index (κ3) is 2.68. The Balaban J connectivity index is 1.66. The minimum atomic E-state index is -0.386. The molecule has 1 N–H and O–H groups in total. The molecule has 27 heavy (non-hydrogen) atoms. The highest BCUT2D eigenvalue weighted by molar-refractivity contribution is 7.22. The smallest absolute Gasteiger partial charge is 0.275 e. The van der Waals surface area contributed by atoms with E-state index in [1.54, 1.807) is 21.5 Å². The number of nitrogens with zero attached hydrogens (tertiary/aromatic N) is 4. The molecule has 1 aliphatic rings. The molecule has 136 valence electrons. The summed E-state index contributed by atoms with van der Waals surface area (Å²) in [6.07, 6.45) is 7.99. The predicted octanol–water partition coefficient (Wildman–Crippen LogP) is 3.05. The molecule has 1 aliphatic heterocycles. The van der Waals surface area contributed by atoms with Crippen LogP contribution in [0.1, 0.15) is 12.1 Å². The molecule has 5 heterocycles. The van der Waals surface area contributed by atoms with Crippen molar-refractivity contribution in [3.05, 3.63) is 58.8 Å². The largest absolute Gasteiger partial charge is 0.313 e. The molecule has 0 saturated heterocycles. The molecule has 5 rings (SSSR count). The molecule has 0 amide bonds. The van der Waals surface area contributed by atoms with Crippen LogP contribution in [0.25, 0.3) is 32.0 Å². The molecule has 0 saturated carbocycles. The normalized spacial score (nSPS) is 14.8. The third-order valence-corrected chi connectivity index (χ3v) is 5.86. The van der Waals surface area contributed by atoms with E-state index < -0.39 is 0 Å². The van der Waals surface area contributed by atoms with Crippen LogP contribution in [-0.4, -0.2) is 32.0 Å². The summed E-state index contributed by atoms with van der Waals surface area (Å²) in [4.78, 5) is 22.4. The predicted molar refractivity (Wildman–Crippen MR) is 105 cm³/mol. The fourth-order valence-corrected chi connectivity index (χ4v) is 4.42. The first-order valence-electron chi connectivity index (χ1n) is 8.67. The number of halogens is 1. The zero-order chi connectivity index (χ0) is 18.5. The van der Waals surface area contributed by atoms with E-state index in [-0.39, 0.29) is 11.4 Å². The lowest BCUT2D eigenvalue weighted by Crippen LogP contribution is -2.26. The molecule has 0 unspecified atom stereocenters. The van der Waals surface area contributed by atoms with Gasteiger partial charge in [-0.3, -0.25) is 9.36 Å². The minimum Gasteiger partial charge on any atom is -0.313 e. The van der Waals surface area contributed by atoms with Gasteiger partial charge in [0.25, 0.3) is 5.56 Å².